The van der Waals surface area contributed by atoms with Crippen molar-refractivity contribution in [1.29, 1.82) is 0 Å². The van der Waals surface area contributed by atoms with Gasteiger partial charge in [0.05, 0.1) is 5.69 Å². The Morgan fingerprint density at radius 1 is 0.724 bits per heavy atom. The van der Waals surface area contributed by atoms with Gasteiger partial charge in [-0.3, -0.25) is 4.90 Å². The van der Waals surface area contributed by atoms with Crippen molar-refractivity contribution in [3.8, 4) is 0 Å². The minimum atomic E-state index is 0.510. The molecular formula is C24H39N5. The van der Waals surface area contributed by atoms with Crippen molar-refractivity contribution in [3.05, 3.63) is 11.3 Å². The van der Waals surface area contributed by atoms with Gasteiger partial charge in [-0.05, 0) is 57.8 Å². The Balaban J connectivity index is 1.31. The highest BCUT2D eigenvalue weighted by atomic mass is 15.3. The Kier molecular flexibility index (Phi) is 6.21. The van der Waals surface area contributed by atoms with E-state index in [2.05, 4.69) is 15.1 Å². The molecule has 0 bridgehead atoms. The van der Waals surface area contributed by atoms with Crippen LogP contribution in [0.15, 0.2) is 0 Å². The normalized spacial score (nSPS) is 26.9. The van der Waals surface area contributed by atoms with E-state index in [4.69, 9.17) is 9.97 Å². The molecule has 0 radical (unpaired) electrons. The minimum Gasteiger partial charge on any atom is -0.356 e. The van der Waals surface area contributed by atoms with Gasteiger partial charge in [-0.15, -0.1) is 0 Å². The number of anilines is 2. The van der Waals surface area contributed by atoms with Crippen molar-refractivity contribution in [2.45, 2.75) is 102 Å². The summed E-state index contributed by atoms with van der Waals surface area (Å²) in [6.45, 7) is 4.75. The van der Waals surface area contributed by atoms with E-state index in [-0.39, 0.29) is 0 Å². The third kappa shape index (κ3) is 4.55. The van der Waals surface area contributed by atoms with Crippen molar-refractivity contribution in [2.24, 2.45) is 0 Å². The molecule has 4 aliphatic rings. The molecule has 3 fully saturated rings. The van der Waals surface area contributed by atoms with Crippen molar-refractivity contribution >= 4 is 11.8 Å². The Morgan fingerprint density at radius 2 is 1.48 bits per heavy atom. The summed E-state index contributed by atoms with van der Waals surface area (Å²) in [5, 5.41) is 3.76. The van der Waals surface area contributed by atoms with Crippen LogP contribution in [0.4, 0.5) is 11.8 Å². The van der Waals surface area contributed by atoms with Gasteiger partial charge in [-0.25, -0.2) is 4.98 Å². The molecule has 1 aromatic rings. The lowest BCUT2D eigenvalue weighted by Crippen LogP contribution is -2.36. The number of hydrogen-bond donors (Lipinski definition) is 1. The first kappa shape index (κ1) is 19.6. The molecule has 2 aliphatic carbocycles. The zero-order valence-electron chi connectivity index (χ0n) is 18.2. The third-order valence-electron chi connectivity index (χ3n) is 7.71. The second-order valence-corrected chi connectivity index (χ2v) is 9.82. The molecule has 5 heteroatoms. The summed E-state index contributed by atoms with van der Waals surface area (Å²) in [6.07, 6.45) is 18.5. The van der Waals surface area contributed by atoms with Crippen LogP contribution in [0.1, 0.15) is 88.3 Å². The van der Waals surface area contributed by atoms with Crippen LogP contribution in [-0.4, -0.2) is 53.1 Å². The largest absolute Gasteiger partial charge is 0.356 e. The second kappa shape index (κ2) is 9.20. The maximum absolute atomic E-state index is 5.14. The highest BCUT2D eigenvalue weighted by molar-refractivity contribution is 5.54. The van der Waals surface area contributed by atoms with Crippen LogP contribution in [0, 0.1) is 0 Å². The van der Waals surface area contributed by atoms with Crippen molar-refractivity contribution in [3.63, 3.8) is 0 Å². The van der Waals surface area contributed by atoms with E-state index in [0.29, 0.717) is 6.04 Å². The fraction of sp³-hybridized carbons (Fsp3) is 0.833. The van der Waals surface area contributed by atoms with Crippen LogP contribution >= 0.6 is 0 Å². The van der Waals surface area contributed by atoms with Crippen LogP contribution in [0.2, 0.25) is 0 Å². The summed E-state index contributed by atoms with van der Waals surface area (Å²) in [6, 6.07) is 1.34. The summed E-state index contributed by atoms with van der Waals surface area (Å²) < 4.78 is 0. The zero-order valence-corrected chi connectivity index (χ0v) is 18.2. The van der Waals surface area contributed by atoms with Gasteiger partial charge in [0.1, 0.15) is 5.82 Å². The molecule has 1 atom stereocenters. The fourth-order valence-corrected chi connectivity index (χ4v) is 6.05. The first-order valence-electron chi connectivity index (χ1n) is 12.5. The van der Waals surface area contributed by atoms with Gasteiger partial charge >= 0.3 is 0 Å². The zero-order chi connectivity index (χ0) is 19.5. The average Bonchev–Trinajstić information content (AvgIpc) is 3.06. The van der Waals surface area contributed by atoms with E-state index in [1.54, 1.807) is 0 Å². The number of nitrogens with zero attached hydrogens (tertiary/aromatic N) is 4. The lowest BCUT2D eigenvalue weighted by atomic mass is 9.94. The Labute approximate surface area is 176 Å². The molecule has 2 saturated heterocycles. The van der Waals surface area contributed by atoms with E-state index in [0.717, 1.165) is 18.4 Å². The molecule has 29 heavy (non-hydrogen) atoms. The summed E-state index contributed by atoms with van der Waals surface area (Å²) in [5.41, 5.74) is 2.79. The van der Waals surface area contributed by atoms with E-state index in [1.165, 1.54) is 127 Å². The summed E-state index contributed by atoms with van der Waals surface area (Å²) in [5.74, 6) is 2.17. The first-order chi connectivity index (χ1) is 14.4. The van der Waals surface area contributed by atoms with Crippen LogP contribution in [0.3, 0.4) is 0 Å². The topological polar surface area (TPSA) is 44.3 Å². The maximum atomic E-state index is 5.14. The predicted molar refractivity (Wildman–Crippen MR) is 120 cm³/mol. The second-order valence-electron chi connectivity index (χ2n) is 9.82. The quantitative estimate of drug-likeness (QED) is 0.807. The van der Waals surface area contributed by atoms with Gasteiger partial charge in [0, 0.05) is 43.8 Å². The van der Waals surface area contributed by atoms with E-state index in [1.807, 2.05) is 0 Å². The lowest BCUT2D eigenvalue weighted by Gasteiger charge is -2.31. The number of aromatic nitrogens is 2. The summed E-state index contributed by atoms with van der Waals surface area (Å²) in [4.78, 5) is 15.5. The van der Waals surface area contributed by atoms with Gasteiger partial charge in [0.2, 0.25) is 5.95 Å². The predicted octanol–water partition coefficient (Wildman–Crippen LogP) is 4.55. The molecule has 5 rings (SSSR count). The molecule has 1 saturated carbocycles. The molecule has 160 valence electrons. The van der Waals surface area contributed by atoms with Crippen LogP contribution in [0.25, 0.3) is 0 Å². The highest BCUT2D eigenvalue weighted by Crippen LogP contribution is 2.31. The Hall–Kier alpha value is -1.36. The molecule has 1 aromatic heterocycles. The van der Waals surface area contributed by atoms with Crippen LogP contribution < -0.4 is 10.2 Å². The van der Waals surface area contributed by atoms with Gasteiger partial charge in [-0.2, -0.15) is 4.98 Å². The molecule has 0 unspecified atom stereocenters. The SMILES string of the molecule is C1CCC(N2CC[C@@H](Nc3nc4c(c(N5CCCCCC5)n3)CCCC4)C2)CC1. The summed E-state index contributed by atoms with van der Waals surface area (Å²) in [7, 11) is 0. The fourth-order valence-electron chi connectivity index (χ4n) is 6.05. The van der Waals surface area contributed by atoms with Crippen LogP contribution in [-0.2, 0) is 12.8 Å². The maximum Gasteiger partial charge on any atom is 0.225 e. The monoisotopic (exact) mass is 397 g/mol. The number of likely N-dealkylation sites (tertiary alicyclic amines) is 1. The van der Waals surface area contributed by atoms with Crippen molar-refractivity contribution in [2.75, 3.05) is 36.4 Å². The number of fused-ring (bicyclic) bond motifs is 1. The van der Waals surface area contributed by atoms with Crippen LogP contribution in [0.5, 0.6) is 0 Å². The highest BCUT2D eigenvalue weighted by Gasteiger charge is 2.30. The van der Waals surface area contributed by atoms with Gasteiger partial charge < -0.3 is 10.2 Å². The number of nitrogens with one attached hydrogen (secondary N) is 1. The van der Waals surface area contributed by atoms with Gasteiger partial charge in [0.15, 0.2) is 0 Å². The molecule has 0 spiro atoms. The summed E-state index contributed by atoms with van der Waals surface area (Å²) >= 11 is 0. The minimum absolute atomic E-state index is 0.510. The van der Waals surface area contributed by atoms with Crippen molar-refractivity contribution < 1.29 is 0 Å². The smallest absolute Gasteiger partial charge is 0.225 e. The average molecular weight is 398 g/mol. The Bertz CT molecular complexity index is 676. The molecule has 5 nitrogen and oxygen atoms in total. The number of hydrogen-bond acceptors (Lipinski definition) is 5. The standard InChI is InChI=1S/C24H39N5/c1-2-9-16-28(15-8-1)23-21-12-6-7-13-22(21)26-24(27-23)25-19-14-17-29(18-19)20-10-4-3-5-11-20/h19-20H,1-18H2,(H,25,26,27)/t19-/m1/s1. The van der Waals surface area contributed by atoms with Crippen molar-refractivity contribution in [1.82, 2.24) is 14.9 Å². The molecule has 0 amide bonds. The van der Waals surface area contributed by atoms with E-state index < -0.39 is 0 Å². The Morgan fingerprint density at radius 3 is 2.31 bits per heavy atom. The number of aryl methyl sites for hydroxylation is 1. The number of rotatable bonds is 4. The molecular weight excluding hydrogens is 358 g/mol. The van der Waals surface area contributed by atoms with Gasteiger partial charge in [0.25, 0.3) is 0 Å². The van der Waals surface area contributed by atoms with Gasteiger partial charge in [-0.1, -0.05) is 32.1 Å². The van der Waals surface area contributed by atoms with E-state index in [9.17, 15) is 0 Å². The third-order valence-corrected chi connectivity index (χ3v) is 7.71. The molecule has 3 heterocycles. The molecule has 0 aromatic carbocycles. The molecule has 2 aliphatic heterocycles. The van der Waals surface area contributed by atoms with E-state index >= 15 is 0 Å². The lowest BCUT2D eigenvalue weighted by molar-refractivity contribution is 0.190. The first-order valence-corrected chi connectivity index (χ1v) is 12.5. The molecule has 1 N–H and O–H groups in total.